The first-order chi connectivity index (χ1) is 8.56. The molecular formula is C13H21N3O2. The third kappa shape index (κ3) is 4.25. The summed E-state index contributed by atoms with van der Waals surface area (Å²) in [5.74, 6) is 1.10. The van der Waals surface area contributed by atoms with E-state index >= 15 is 0 Å². The first-order valence-electron chi connectivity index (χ1n) is 5.86. The highest BCUT2D eigenvalue weighted by molar-refractivity contribution is 5.80. The average molecular weight is 251 g/mol. The Kier molecular flexibility index (Phi) is 5.45. The predicted molar refractivity (Wildman–Crippen MR) is 71.9 cm³/mol. The molecule has 0 radical (unpaired) electrons. The summed E-state index contributed by atoms with van der Waals surface area (Å²) in [6, 6.07) is 8.15. The molecule has 1 aromatic carbocycles. The second-order valence-electron chi connectivity index (χ2n) is 4.41. The molecule has 18 heavy (non-hydrogen) atoms. The van der Waals surface area contributed by atoms with Crippen LogP contribution in [0.5, 0.6) is 5.75 Å². The first-order valence-corrected chi connectivity index (χ1v) is 5.86. The van der Waals surface area contributed by atoms with Crippen LogP contribution in [0.25, 0.3) is 0 Å². The van der Waals surface area contributed by atoms with Crippen molar-refractivity contribution >= 4 is 5.84 Å². The largest absolute Gasteiger partial charge is 0.497 e. The fraction of sp³-hybridized carbons (Fsp3) is 0.462. The van der Waals surface area contributed by atoms with Gasteiger partial charge in [-0.3, -0.25) is 4.90 Å². The van der Waals surface area contributed by atoms with E-state index in [9.17, 15) is 0 Å². The molecular weight excluding hydrogens is 230 g/mol. The number of oxime groups is 1. The van der Waals surface area contributed by atoms with E-state index in [1.165, 1.54) is 5.56 Å². The van der Waals surface area contributed by atoms with E-state index in [1.54, 1.807) is 7.11 Å². The molecule has 0 heterocycles. The summed E-state index contributed by atoms with van der Waals surface area (Å²) in [6.45, 7) is 2.83. The Bertz CT molecular complexity index is 407. The van der Waals surface area contributed by atoms with Crippen molar-refractivity contribution in [1.82, 2.24) is 4.90 Å². The molecule has 5 nitrogen and oxygen atoms in total. The molecule has 0 aliphatic heterocycles. The number of benzene rings is 1. The zero-order valence-electron chi connectivity index (χ0n) is 11.1. The van der Waals surface area contributed by atoms with Crippen molar-refractivity contribution in [3.05, 3.63) is 29.8 Å². The van der Waals surface area contributed by atoms with Gasteiger partial charge in [0.15, 0.2) is 0 Å². The highest BCUT2D eigenvalue weighted by Gasteiger charge is 2.11. The molecule has 1 unspecified atom stereocenters. The van der Waals surface area contributed by atoms with Gasteiger partial charge >= 0.3 is 0 Å². The Labute approximate surface area is 108 Å². The summed E-state index contributed by atoms with van der Waals surface area (Å²) < 4.78 is 5.19. The van der Waals surface area contributed by atoms with Crippen LogP contribution in [0.15, 0.2) is 29.4 Å². The molecule has 100 valence electrons. The average Bonchev–Trinajstić information content (AvgIpc) is 2.38. The fourth-order valence-corrected chi connectivity index (χ4v) is 1.71. The first kappa shape index (κ1) is 14.3. The van der Waals surface area contributed by atoms with Crippen molar-refractivity contribution in [2.45, 2.75) is 25.9 Å². The highest BCUT2D eigenvalue weighted by atomic mass is 16.5. The van der Waals surface area contributed by atoms with Gasteiger partial charge in [0.25, 0.3) is 0 Å². The standard InChI is InChI=1S/C13H21N3O2/c1-10(7-13(14)15-17)16(2)9-11-5-4-6-12(8-11)18-3/h4-6,8,10,17H,7,9H2,1-3H3,(H2,14,15). The van der Waals surface area contributed by atoms with Crippen LogP contribution in [0.4, 0.5) is 0 Å². The van der Waals surface area contributed by atoms with E-state index < -0.39 is 0 Å². The van der Waals surface area contributed by atoms with E-state index in [0.29, 0.717) is 6.42 Å². The molecule has 0 aliphatic carbocycles. The minimum atomic E-state index is 0.201. The van der Waals surface area contributed by atoms with Crippen LogP contribution in [0.2, 0.25) is 0 Å². The molecule has 0 fully saturated rings. The Balaban J connectivity index is 2.60. The van der Waals surface area contributed by atoms with Crippen molar-refractivity contribution in [2.24, 2.45) is 10.9 Å². The second kappa shape index (κ2) is 6.86. The minimum Gasteiger partial charge on any atom is -0.497 e. The van der Waals surface area contributed by atoms with E-state index in [0.717, 1.165) is 12.3 Å². The number of amidine groups is 1. The molecule has 3 N–H and O–H groups in total. The molecule has 0 aromatic heterocycles. The number of hydrogen-bond acceptors (Lipinski definition) is 4. The third-order valence-electron chi connectivity index (χ3n) is 2.95. The van der Waals surface area contributed by atoms with E-state index in [4.69, 9.17) is 15.7 Å². The van der Waals surface area contributed by atoms with Crippen LogP contribution >= 0.6 is 0 Å². The van der Waals surface area contributed by atoms with Crippen LogP contribution in [-0.2, 0) is 6.54 Å². The lowest BCUT2D eigenvalue weighted by Crippen LogP contribution is -2.32. The van der Waals surface area contributed by atoms with Gasteiger partial charge in [0.2, 0.25) is 0 Å². The Morgan fingerprint density at radius 2 is 2.28 bits per heavy atom. The maximum absolute atomic E-state index is 8.55. The van der Waals surface area contributed by atoms with E-state index in [1.807, 2.05) is 32.2 Å². The van der Waals surface area contributed by atoms with Crippen LogP contribution in [0.1, 0.15) is 18.9 Å². The number of nitrogens with zero attached hydrogens (tertiary/aromatic N) is 2. The summed E-state index contributed by atoms with van der Waals surface area (Å²) in [6.07, 6.45) is 0.539. The van der Waals surface area contributed by atoms with E-state index in [-0.39, 0.29) is 11.9 Å². The predicted octanol–water partition coefficient (Wildman–Crippen LogP) is 1.65. The zero-order chi connectivity index (χ0) is 13.5. The normalized spacial score (nSPS) is 13.7. The summed E-state index contributed by atoms with van der Waals surface area (Å²) in [5, 5.41) is 11.5. The van der Waals surface area contributed by atoms with Crippen molar-refractivity contribution in [3.63, 3.8) is 0 Å². The molecule has 1 aromatic rings. The maximum atomic E-state index is 8.55. The smallest absolute Gasteiger partial charge is 0.140 e. The lowest BCUT2D eigenvalue weighted by molar-refractivity contribution is 0.250. The Morgan fingerprint density at radius 3 is 2.89 bits per heavy atom. The molecule has 0 saturated carbocycles. The molecule has 0 bridgehead atoms. The quantitative estimate of drug-likeness (QED) is 0.349. The third-order valence-corrected chi connectivity index (χ3v) is 2.95. The fourth-order valence-electron chi connectivity index (χ4n) is 1.71. The summed E-state index contributed by atoms with van der Waals surface area (Å²) in [5.41, 5.74) is 6.67. The number of nitrogens with two attached hydrogens (primary N) is 1. The van der Waals surface area contributed by atoms with Crippen LogP contribution < -0.4 is 10.5 Å². The number of rotatable bonds is 6. The van der Waals surface area contributed by atoms with Crippen LogP contribution in [-0.4, -0.2) is 36.1 Å². The topological polar surface area (TPSA) is 71.1 Å². The zero-order valence-corrected chi connectivity index (χ0v) is 11.1. The molecule has 0 aliphatic rings. The van der Waals surface area contributed by atoms with Gasteiger partial charge in [-0.25, -0.2) is 0 Å². The SMILES string of the molecule is COc1cccc(CN(C)C(C)CC(N)=NO)c1. The van der Waals surface area contributed by atoms with Gasteiger partial charge in [0.05, 0.1) is 7.11 Å². The lowest BCUT2D eigenvalue weighted by atomic mass is 10.1. The van der Waals surface area contributed by atoms with Gasteiger partial charge in [0.1, 0.15) is 11.6 Å². The molecule has 1 rings (SSSR count). The molecule has 5 heteroatoms. The van der Waals surface area contributed by atoms with Crippen LogP contribution in [0.3, 0.4) is 0 Å². The summed E-state index contributed by atoms with van der Waals surface area (Å²) in [7, 11) is 3.67. The second-order valence-corrected chi connectivity index (χ2v) is 4.41. The van der Waals surface area contributed by atoms with Gasteiger partial charge in [0, 0.05) is 19.0 Å². The van der Waals surface area contributed by atoms with Crippen molar-refractivity contribution < 1.29 is 9.94 Å². The van der Waals surface area contributed by atoms with Gasteiger partial charge in [-0.15, -0.1) is 0 Å². The monoisotopic (exact) mass is 251 g/mol. The maximum Gasteiger partial charge on any atom is 0.140 e. The Hall–Kier alpha value is -1.75. The van der Waals surface area contributed by atoms with Gasteiger partial charge in [-0.2, -0.15) is 0 Å². The number of ether oxygens (including phenoxy) is 1. The molecule has 0 amide bonds. The van der Waals surface area contributed by atoms with Crippen molar-refractivity contribution in [3.8, 4) is 5.75 Å². The Morgan fingerprint density at radius 1 is 1.56 bits per heavy atom. The molecule has 1 atom stereocenters. The minimum absolute atomic E-state index is 0.201. The van der Waals surface area contributed by atoms with Crippen LogP contribution in [0, 0.1) is 0 Å². The highest BCUT2D eigenvalue weighted by Crippen LogP contribution is 2.15. The van der Waals surface area contributed by atoms with E-state index in [2.05, 4.69) is 16.1 Å². The van der Waals surface area contributed by atoms with Crippen molar-refractivity contribution in [2.75, 3.05) is 14.2 Å². The number of hydrogen-bond donors (Lipinski definition) is 2. The number of methoxy groups -OCH3 is 1. The van der Waals surface area contributed by atoms with Gasteiger partial charge in [-0.05, 0) is 31.7 Å². The lowest BCUT2D eigenvalue weighted by Gasteiger charge is -2.24. The van der Waals surface area contributed by atoms with Gasteiger partial charge in [-0.1, -0.05) is 17.3 Å². The molecule has 0 spiro atoms. The van der Waals surface area contributed by atoms with Crippen molar-refractivity contribution in [1.29, 1.82) is 0 Å². The van der Waals surface area contributed by atoms with Gasteiger partial charge < -0.3 is 15.7 Å². The summed E-state index contributed by atoms with van der Waals surface area (Å²) in [4.78, 5) is 2.15. The molecule has 0 saturated heterocycles. The summed E-state index contributed by atoms with van der Waals surface area (Å²) >= 11 is 0.